The van der Waals surface area contributed by atoms with Crippen molar-refractivity contribution in [1.82, 2.24) is 0 Å². The molecular formula is C52H64O8. The second-order valence-electron chi connectivity index (χ2n) is 18.8. The van der Waals surface area contributed by atoms with Crippen LogP contribution in [0.1, 0.15) is 128 Å². The number of unbranched alkanes of at least 4 members (excludes halogenated alkanes) is 8. The first-order valence-electron chi connectivity index (χ1n) is 22.3. The number of aliphatic carboxylic acids is 1. The number of ketones is 1. The zero-order chi connectivity index (χ0) is 42.8. The third kappa shape index (κ3) is 7.84. The number of carbonyl (C=O) groups excluding carboxylic acids is 2. The molecule has 2 saturated carbocycles. The van der Waals surface area contributed by atoms with Gasteiger partial charge in [0.1, 0.15) is 16.8 Å². The lowest BCUT2D eigenvalue weighted by atomic mass is 9.60. The van der Waals surface area contributed by atoms with Crippen LogP contribution in [0.4, 0.5) is 0 Å². The van der Waals surface area contributed by atoms with E-state index in [0.717, 1.165) is 80.1 Å². The Morgan fingerprint density at radius 1 is 0.733 bits per heavy atom. The predicted octanol–water partition coefficient (Wildman–Crippen LogP) is 9.90. The van der Waals surface area contributed by atoms with Crippen LogP contribution in [0.25, 0.3) is 0 Å². The Hall–Kier alpha value is -4.37. The van der Waals surface area contributed by atoms with E-state index in [1.807, 2.05) is 61.5 Å². The van der Waals surface area contributed by atoms with E-state index in [1.54, 1.807) is 13.0 Å². The number of rotatable bonds is 19. The van der Waals surface area contributed by atoms with Crippen LogP contribution in [-0.4, -0.2) is 56.5 Å². The minimum Gasteiger partial charge on any atom is -0.481 e. The van der Waals surface area contributed by atoms with Gasteiger partial charge < -0.3 is 24.8 Å². The number of benzene rings is 3. The van der Waals surface area contributed by atoms with Crippen molar-refractivity contribution in [3.8, 4) is 0 Å². The molecule has 60 heavy (non-hydrogen) atoms. The zero-order valence-electron chi connectivity index (χ0n) is 35.9. The molecule has 320 valence electrons. The van der Waals surface area contributed by atoms with Gasteiger partial charge in [-0.25, -0.2) is 0 Å². The van der Waals surface area contributed by atoms with Gasteiger partial charge in [0.15, 0.2) is 5.78 Å². The normalized spacial score (nSPS) is 29.0. The van der Waals surface area contributed by atoms with Gasteiger partial charge in [0.25, 0.3) is 0 Å². The van der Waals surface area contributed by atoms with Crippen molar-refractivity contribution < 1.29 is 39.2 Å². The summed E-state index contributed by atoms with van der Waals surface area (Å²) in [5, 5.41) is 34.6. The average Bonchev–Trinajstić information content (AvgIpc) is 3.64. The highest BCUT2D eigenvalue weighted by Gasteiger charge is 2.83. The number of hydrogen-bond donors (Lipinski definition) is 3. The molecule has 4 aliphatic carbocycles. The Labute approximate surface area is 356 Å². The largest absolute Gasteiger partial charge is 0.481 e. The van der Waals surface area contributed by atoms with Crippen LogP contribution in [-0.2, 0) is 29.5 Å². The lowest BCUT2D eigenvalue weighted by Gasteiger charge is -2.50. The molecule has 0 radical (unpaired) electrons. The van der Waals surface area contributed by atoms with Crippen molar-refractivity contribution in [2.75, 3.05) is 6.61 Å². The Balaban J connectivity index is 1.14. The molecule has 7 atom stereocenters. The van der Waals surface area contributed by atoms with E-state index >= 15 is 0 Å². The van der Waals surface area contributed by atoms with E-state index in [-0.39, 0.29) is 37.1 Å². The van der Waals surface area contributed by atoms with Crippen molar-refractivity contribution in [3.05, 3.63) is 131 Å². The Bertz CT molecular complexity index is 1960. The molecule has 0 spiro atoms. The van der Waals surface area contributed by atoms with Crippen LogP contribution in [0.5, 0.6) is 0 Å². The maximum atomic E-state index is 14.0. The van der Waals surface area contributed by atoms with Gasteiger partial charge in [-0.2, -0.15) is 0 Å². The van der Waals surface area contributed by atoms with Crippen molar-refractivity contribution >= 4 is 17.7 Å². The number of carboxylic acid groups (broad SMARTS) is 1. The topological polar surface area (TPSA) is 130 Å². The number of hydrogen-bond acceptors (Lipinski definition) is 7. The summed E-state index contributed by atoms with van der Waals surface area (Å²) < 4.78 is 13.9. The van der Waals surface area contributed by atoms with E-state index < -0.39 is 51.5 Å². The van der Waals surface area contributed by atoms with Gasteiger partial charge in [-0.1, -0.05) is 169 Å². The van der Waals surface area contributed by atoms with Crippen LogP contribution in [0.15, 0.2) is 114 Å². The molecule has 3 aromatic rings. The molecule has 0 aromatic heterocycles. The van der Waals surface area contributed by atoms with Crippen LogP contribution in [0.3, 0.4) is 0 Å². The molecule has 0 heterocycles. The second-order valence-corrected chi connectivity index (χ2v) is 18.8. The molecule has 2 fully saturated rings. The molecule has 0 saturated heterocycles. The van der Waals surface area contributed by atoms with Crippen LogP contribution in [0.2, 0.25) is 0 Å². The summed E-state index contributed by atoms with van der Waals surface area (Å²) in [5.74, 6) is -3.33. The monoisotopic (exact) mass is 816 g/mol. The molecule has 3 N–H and O–H groups in total. The second kappa shape index (κ2) is 17.5. The highest BCUT2D eigenvalue weighted by atomic mass is 16.6. The van der Waals surface area contributed by atoms with E-state index in [9.17, 15) is 24.6 Å². The summed E-state index contributed by atoms with van der Waals surface area (Å²) in [4.78, 5) is 38.4. The number of esters is 1. The first-order valence-corrected chi connectivity index (χ1v) is 22.3. The molecule has 8 heteroatoms. The fourth-order valence-electron chi connectivity index (χ4n) is 11.6. The first-order chi connectivity index (χ1) is 28.7. The van der Waals surface area contributed by atoms with Gasteiger partial charge in [0.05, 0.1) is 12.2 Å². The number of carbonyl (C=O) groups is 3. The minimum atomic E-state index is -1.86. The molecule has 0 unspecified atom stereocenters. The number of ether oxygens (including phenoxy) is 2. The van der Waals surface area contributed by atoms with Crippen LogP contribution in [0, 0.1) is 29.1 Å². The Morgan fingerprint density at radius 2 is 1.22 bits per heavy atom. The number of Topliss-reactive ketones (excluding diaryl/α,β-unsaturated/α-hetero) is 1. The summed E-state index contributed by atoms with van der Waals surface area (Å²) in [6.07, 6.45) is 13.7. The predicted molar refractivity (Wildman–Crippen MR) is 232 cm³/mol. The summed E-state index contributed by atoms with van der Waals surface area (Å²) in [5.41, 5.74) is -1.66. The maximum absolute atomic E-state index is 14.0. The smallest absolute Gasteiger partial charge is 0.306 e. The van der Waals surface area contributed by atoms with Gasteiger partial charge in [0, 0.05) is 42.4 Å². The fraction of sp³-hybridized carbons (Fsp3) is 0.519. The van der Waals surface area contributed by atoms with Gasteiger partial charge in [-0.05, 0) is 59.9 Å². The van der Waals surface area contributed by atoms with Crippen LogP contribution >= 0.6 is 0 Å². The van der Waals surface area contributed by atoms with E-state index in [4.69, 9.17) is 14.6 Å². The molecular weight excluding hydrogens is 753 g/mol. The van der Waals surface area contributed by atoms with Gasteiger partial charge >= 0.3 is 11.9 Å². The van der Waals surface area contributed by atoms with Crippen molar-refractivity contribution in [2.45, 2.75) is 134 Å². The lowest BCUT2D eigenvalue weighted by Crippen LogP contribution is -2.61. The molecule has 4 aliphatic rings. The van der Waals surface area contributed by atoms with Gasteiger partial charge in [-0.15, -0.1) is 0 Å². The summed E-state index contributed by atoms with van der Waals surface area (Å²) in [6, 6.07) is 30.3. The number of fused-ring (bicyclic) bond motifs is 5. The van der Waals surface area contributed by atoms with Gasteiger partial charge in [0.2, 0.25) is 0 Å². The first kappa shape index (κ1) is 43.7. The molecule has 0 aliphatic heterocycles. The molecule has 0 bridgehead atoms. The highest BCUT2D eigenvalue weighted by Crippen LogP contribution is 2.76. The Morgan fingerprint density at radius 3 is 1.72 bits per heavy atom. The summed E-state index contributed by atoms with van der Waals surface area (Å²) >= 11 is 0. The van der Waals surface area contributed by atoms with Crippen molar-refractivity contribution in [2.24, 2.45) is 29.1 Å². The molecule has 8 nitrogen and oxygen atoms in total. The average molecular weight is 817 g/mol. The van der Waals surface area contributed by atoms with Crippen molar-refractivity contribution in [1.29, 1.82) is 0 Å². The summed E-state index contributed by atoms with van der Waals surface area (Å²) in [6.45, 7) is 8.03. The lowest BCUT2D eigenvalue weighted by molar-refractivity contribution is -0.187. The Kier molecular flexibility index (Phi) is 12.8. The highest BCUT2D eigenvalue weighted by molar-refractivity contribution is 6.04. The van der Waals surface area contributed by atoms with E-state index in [2.05, 4.69) is 56.3 Å². The van der Waals surface area contributed by atoms with Crippen molar-refractivity contribution in [3.63, 3.8) is 0 Å². The quantitative estimate of drug-likeness (QED) is 0.0472. The zero-order valence-corrected chi connectivity index (χ0v) is 35.9. The third-order valence-corrected chi connectivity index (χ3v) is 14.8. The standard InChI is InChI=1S/C52H64O8/c1-36-31-43-49(57,47(36)56)34-38(35-59-52(39-23-15-12-16-24-39,40-25-17-13-18-26-40)41-27-19-14-20-28-41)32-42-46-48(3,4)50(46,33-37(2)51(42,43)58)60-45(55)30-22-11-9-7-5-6-8-10-21-29-44(53)54/h12-20,23-28,31-32,37,42-43,46,57-58H,5-11,21-22,29-30,33-35H2,1-4H3,(H,53,54)/t37-,42+,43-,46-,49-,50+,51-/m1/s1. The third-order valence-electron chi connectivity index (χ3n) is 14.8. The molecule has 7 rings (SSSR count). The van der Waals surface area contributed by atoms with E-state index in [0.29, 0.717) is 18.4 Å². The molecule has 0 amide bonds. The minimum absolute atomic E-state index is 0.00891. The maximum Gasteiger partial charge on any atom is 0.306 e. The van der Waals surface area contributed by atoms with Crippen LogP contribution < -0.4 is 0 Å². The van der Waals surface area contributed by atoms with E-state index in [1.165, 1.54) is 0 Å². The number of carboxylic acids is 1. The summed E-state index contributed by atoms with van der Waals surface area (Å²) in [7, 11) is 0. The number of aliphatic hydroxyl groups is 2. The van der Waals surface area contributed by atoms with Gasteiger partial charge in [-0.3, -0.25) is 14.4 Å². The SMILES string of the molecule is CC1=C[C@H]2[C@@]3(O)[C@H](C)C[C@]4(OC(=O)CCCCCCCCCCCC(=O)O)[C@H]([C@@H]3C=C(COC(c3ccccc3)(c3ccccc3)c3ccccc3)C[C@]2(O)C1=O)C4(C)C. The molecule has 3 aromatic carbocycles. The fourth-order valence-corrected chi connectivity index (χ4v) is 11.6.